The number of rotatable bonds is 2. The van der Waals surface area contributed by atoms with Crippen LogP contribution in [0, 0.1) is 0 Å². The maximum absolute atomic E-state index is 10.7. The van der Waals surface area contributed by atoms with Crippen LogP contribution in [0.4, 0.5) is 4.79 Å². The van der Waals surface area contributed by atoms with Crippen molar-refractivity contribution in [1.82, 2.24) is 10.6 Å². The molecule has 1 heterocycles. The number of carbonyl (C=O) groups is 2. The van der Waals surface area contributed by atoms with Crippen LogP contribution in [-0.2, 0) is 4.79 Å². The van der Waals surface area contributed by atoms with E-state index in [0.29, 0.717) is 6.42 Å². The van der Waals surface area contributed by atoms with E-state index in [1.807, 2.05) is 6.92 Å². The largest absolute Gasteiger partial charge is 0.368 e. The normalized spacial score (nSPS) is 29.4. The highest BCUT2D eigenvalue weighted by molar-refractivity contribution is 5.90. The number of urea groups is 1. The Hall–Kier alpha value is -1.26. The first-order valence-electron chi connectivity index (χ1n) is 3.51. The number of carbonyl (C=O) groups excluding carboxylic acids is 2. The molecule has 5 nitrogen and oxygen atoms in total. The average Bonchev–Trinajstić information content (AvgIpc) is 2.30. The van der Waals surface area contributed by atoms with E-state index in [9.17, 15) is 9.59 Å². The van der Waals surface area contributed by atoms with Gasteiger partial charge in [-0.1, -0.05) is 6.92 Å². The van der Waals surface area contributed by atoms with Gasteiger partial charge in [-0.25, -0.2) is 4.79 Å². The number of amides is 3. The first-order valence-corrected chi connectivity index (χ1v) is 3.51. The van der Waals surface area contributed by atoms with Crippen LogP contribution in [0.1, 0.15) is 13.3 Å². The Bertz CT molecular complexity index is 192. The summed E-state index contributed by atoms with van der Waals surface area (Å²) in [5.74, 6) is -0.491. The van der Waals surface area contributed by atoms with Crippen molar-refractivity contribution in [3.8, 4) is 0 Å². The fourth-order valence-corrected chi connectivity index (χ4v) is 1.14. The van der Waals surface area contributed by atoms with E-state index < -0.39 is 11.9 Å². The van der Waals surface area contributed by atoms with Crippen LogP contribution in [0.3, 0.4) is 0 Å². The van der Waals surface area contributed by atoms with Crippen LogP contribution in [0.5, 0.6) is 0 Å². The van der Waals surface area contributed by atoms with Crippen molar-refractivity contribution in [3.63, 3.8) is 0 Å². The molecule has 11 heavy (non-hydrogen) atoms. The third-order valence-electron chi connectivity index (χ3n) is 1.75. The predicted molar refractivity (Wildman–Crippen MR) is 38.7 cm³/mol. The van der Waals surface area contributed by atoms with Gasteiger partial charge >= 0.3 is 6.03 Å². The molecule has 4 N–H and O–H groups in total. The summed E-state index contributed by atoms with van der Waals surface area (Å²) in [6.45, 7) is 1.88. The Kier molecular flexibility index (Phi) is 1.98. The Morgan fingerprint density at radius 2 is 2.27 bits per heavy atom. The van der Waals surface area contributed by atoms with Crippen molar-refractivity contribution >= 4 is 11.9 Å². The first-order chi connectivity index (χ1) is 5.15. The molecule has 0 aromatic rings. The van der Waals surface area contributed by atoms with Crippen LogP contribution >= 0.6 is 0 Å². The Labute approximate surface area is 64.3 Å². The summed E-state index contributed by atoms with van der Waals surface area (Å²) < 4.78 is 0. The molecule has 0 radical (unpaired) electrons. The van der Waals surface area contributed by atoms with Crippen molar-refractivity contribution in [2.24, 2.45) is 5.73 Å². The molecule has 62 valence electrons. The van der Waals surface area contributed by atoms with E-state index in [1.54, 1.807) is 0 Å². The minimum atomic E-state index is -0.549. The van der Waals surface area contributed by atoms with Gasteiger partial charge in [0.25, 0.3) is 0 Å². The van der Waals surface area contributed by atoms with Crippen LogP contribution in [-0.4, -0.2) is 24.0 Å². The molecule has 1 rings (SSSR count). The SMILES string of the molecule is CCC1NC(=O)NC1C(N)=O. The van der Waals surface area contributed by atoms with Gasteiger partial charge < -0.3 is 16.4 Å². The molecule has 0 aromatic heterocycles. The Morgan fingerprint density at radius 3 is 2.64 bits per heavy atom. The van der Waals surface area contributed by atoms with Crippen molar-refractivity contribution in [2.75, 3.05) is 0 Å². The van der Waals surface area contributed by atoms with E-state index in [1.165, 1.54) is 0 Å². The minimum absolute atomic E-state index is 0.153. The summed E-state index contributed by atoms with van der Waals surface area (Å²) in [4.78, 5) is 21.4. The molecular formula is C6H11N3O2. The lowest BCUT2D eigenvalue weighted by molar-refractivity contribution is -0.119. The quantitative estimate of drug-likeness (QED) is 0.477. The zero-order valence-corrected chi connectivity index (χ0v) is 6.26. The van der Waals surface area contributed by atoms with Crippen molar-refractivity contribution in [3.05, 3.63) is 0 Å². The van der Waals surface area contributed by atoms with Gasteiger partial charge in [0, 0.05) is 0 Å². The summed E-state index contributed by atoms with van der Waals surface area (Å²) >= 11 is 0. The van der Waals surface area contributed by atoms with Gasteiger partial charge in [0.15, 0.2) is 0 Å². The highest BCUT2D eigenvalue weighted by Gasteiger charge is 2.33. The van der Waals surface area contributed by atoms with Gasteiger partial charge in [0.05, 0.1) is 6.04 Å². The summed E-state index contributed by atoms with van der Waals surface area (Å²) in [5, 5.41) is 5.01. The second kappa shape index (κ2) is 2.77. The molecule has 3 amide bonds. The Balaban J connectivity index is 2.64. The lowest BCUT2D eigenvalue weighted by Crippen LogP contribution is -2.44. The number of primary amides is 1. The highest BCUT2D eigenvalue weighted by atomic mass is 16.2. The van der Waals surface area contributed by atoms with Crippen LogP contribution < -0.4 is 16.4 Å². The van der Waals surface area contributed by atoms with Gasteiger partial charge in [-0.05, 0) is 6.42 Å². The molecule has 1 aliphatic rings. The van der Waals surface area contributed by atoms with Crippen LogP contribution in [0.25, 0.3) is 0 Å². The lowest BCUT2D eigenvalue weighted by atomic mass is 10.1. The molecule has 0 aliphatic carbocycles. The molecular weight excluding hydrogens is 146 g/mol. The second-order valence-corrected chi connectivity index (χ2v) is 2.51. The number of hydrogen-bond donors (Lipinski definition) is 3. The monoisotopic (exact) mass is 157 g/mol. The van der Waals surface area contributed by atoms with Gasteiger partial charge in [0.1, 0.15) is 6.04 Å². The van der Waals surface area contributed by atoms with Crippen molar-refractivity contribution in [1.29, 1.82) is 0 Å². The first kappa shape index (κ1) is 7.84. The minimum Gasteiger partial charge on any atom is -0.368 e. The smallest absolute Gasteiger partial charge is 0.315 e. The fourth-order valence-electron chi connectivity index (χ4n) is 1.14. The molecule has 1 fully saturated rings. The number of nitrogens with one attached hydrogen (secondary N) is 2. The molecule has 0 aromatic carbocycles. The average molecular weight is 157 g/mol. The molecule has 0 saturated carbocycles. The third kappa shape index (κ3) is 1.42. The number of hydrogen-bond acceptors (Lipinski definition) is 2. The molecule has 5 heteroatoms. The zero-order chi connectivity index (χ0) is 8.43. The van der Waals surface area contributed by atoms with Gasteiger partial charge in [-0.2, -0.15) is 0 Å². The molecule has 1 aliphatic heterocycles. The second-order valence-electron chi connectivity index (χ2n) is 2.51. The molecule has 1 saturated heterocycles. The molecule has 0 bridgehead atoms. The molecule has 2 atom stereocenters. The fraction of sp³-hybridized carbons (Fsp3) is 0.667. The van der Waals surface area contributed by atoms with E-state index >= 15 is 0 Å². The van der Waals surface area contributed by atoms with E-state index in [0.717, 1.165) is 0 Å². The summed E-state index contributed by atoms with van der Waals surface area (Å²) in [5.41, 5.74) is 5.03. The maximum Gasteiger partial charge on any atom is 0.315 e. The van der Waals surface area contributed by atoms with Crippen LogP contribution in [0.15, 0.2) is 0 Å². The van der Waals surface area contributed by atoms with Crippen LogP contribution in [0.2, 0.25) is 0 Å². The standard InChI is InChI=1S/C6H11N3O2/c1-2-3-4(5(7)10)9-6(11)8-3/h3-4H,2H2,1H3,(H2,7,10)(H2,8,9,11). The summed E-state index contributed by atoms with van der Waals surface area (Å²) in [6, 6.07) is -1.02. The van der Waals surface area contributed by atoms with Gasteiger partial charge in [-0.3, -0.25) is 4.79 Å². The topological polar surface area (TPSA) is 84.2 Å². The lowest BCUT2D eigenvalue weighted by Gasteiger charge is -2.11. The molecule has 0 spiro atoms. The summed E-state index contributed by atoms with van der Waals surface area (Å²) in [7, 11) is 0. The van der Waals surface area contributed by atoms with E-state index in [4.69, 9.17) is 5.73 Å². The zero-order valence-electron chi connectivity index (χ0n) is 6.26. The third-order valence-corrected chi connectivity index (χ3v) is 1.75. The highest BCUT2D eigenvalue weighted by Crippen LogP contribution is 2.04. The van der Waals surface area contributed by atoms with Crippen molar-refractivity contribution < 1.29 is 9.59 Å². The number of nitrogens with two attached hydrogens (primary N) is 1. The van der Waals surface area contributed by atoms with Gasteiger partial charge in [0.2, 0.25) is 5.91 Å². The summed E-state index contributed by atoms with van der Waals surface area (Å²) in [6.07, 6.45) is 0.701. The van der Waals surface area contributed by atoms with E-state index in [-0.39, 0.29) is 12.1 Å². The Morgan fingerprint density at radius 1 is 1.64 bits per heavy atom. The molecule has 2 unspecified atom stereocenters. The van der Waals surface area contributed by atoms with Crippen molar-refractivity contribution in [2.45, 2.75) is 25.4 Å². The van der Waals surface area contributed by atoms with E-state index in [2.05, 4.69) is 10.6 Å². The van der Waals surface area contributed by atoms with Gasteiger partial charge in [-0.15, -0.1) is 0 Å². The maximum atomic E-state index is 10.7. The predicted octanol–water partition coefficient (Wildman–Crippen LogP) is -1.07.